The fraction of sp³-hybridized carbons (Fsp3) is 0.545. The molecule has 10 heteroatoms. The van der Waals surface area contributed by atoms with Gasteiger partial charge in [0.05, 0.1) is 18.9 Å². The number of alkyl carbamates (subject to hydrolysis) is 1. The number of hydrogen-bond acceptors (Lipinski definition) is 8. The molecule has 2 atom stereocenters. The van der Waals surface area contributed by atoms with Crippen molar-refractivity contribution >= 4 is 23.8 Å². The SMILES string of the molecule is COc1ccc(-c2nnc(SCC(=O)N[C@H]3CCCC[C@@H]3NC(=O)OC(C)(C)C)o2)cc1. The highest BCUT2D eigenvalue weighted by Gasteiger charge is 2.29. The molecule has 9 nitrogen and oxygen atoms in total. The number of carbonyl (C=O) groups is 2. The van der Waals surface area contributed by atoms with Crippen molar-refractivity contribution in [1.29, 1.82) is 0 Å². The van der Waals surface area contributed by atoms with Crippen LogP contribution in [0.2, 0.25) is 0 Å². The summed E-state index contributed by atoms with van der Waals surface area (Å²) < 4.78 is 16.1. The first-order valence-electron chi connectivity index (χ1n) is 10.6. The van der Waals surface area contributed by atoms with Crippen LogP contribution in [0.3, 0.4) is 0 Å². The van der Waals surface area contributed by atoms with E-state index in [0.29, 0.717) is 11.1 Å². The van der Waals surface area contributed by atoms with Gasteiger partial charge in [0.2, 0.25) is 11.8 Å². The van der Waals surface area contributed by atoms with E-state index in [1.807, 2.05) is 45.0 Å². The third-order valence-electron chi connectivity index (χ3n) is 4.88. The summed E-state index contributed by atoms with van der Waals surface area (Å²) in [6, 6.07) is 6.99. The smallest absolute Gasteiger partial charge is 0.407 e. The van der Waals surface area contributed by atoms with Gasteiger partial charge in [0.25, 0.3) is 5.22 Å². The lowest BCUT2D eigenvalue weighted by atomic mass is 9.90. The van der Waals surface area contributed by atoms with Crippen LogP contribution in [0.5, 0.6) is 5.75 Å². The second-order valence-corrected chi connectivity index (χ2v) is 9.53. The summed E-state index contributed by atoms with van der Waals surface area (Å²) in [5.41, 5.74) is 0.205. The van der Waals surface area contributed by atoms with Crippen molar-refractivity contribution in [1.82, 2.24) is 20.8 Å². The van der Waals surface area contributed by atoms with Crippen molar-refractivity contribution in [3.8, 4) is 17.2 Å². The Morgan fingerprint density at radius 3 is 2.38 bits per heavy atom. The Kier molecular flexibility index (Phi) is 8.00. The van der Waals surface area contributed by atoms with Crippen molar-refractivity contribution in [3.63, 3.8) is 0 Å². The van der Waals surface area contributed by atoms with Gasteiger partial charge < -0.3 is 24.5 Å². The molecular formula is C22H30N4O5S. The molecule has 2 amide bonds. The second-order valence-electron chi connectivity index (χ2n) is 8.60. The second kappa shape index (κ2) is 10.7. The number of amides is 2. The van der Waals surface area contributed by atoms with Crippen LogP contribution in [0.15, 0.2) is 33.9 Å². The summed E-state index contributed by atoms with van der Waals surface area (Å²) in [5.74, 6) is 1.10. The van der Waals surface area contributed by atoms with E-state index in [1.54, 1.807) is 7.11 Å². The van der Waals surface area contributed by atoms with Crippen LogP contribution in [0.4, 0.5) is 4.79 Å². The van der Waals surface area contributed by atoms with Gasteiger partial charge in [-0.25, -0.2) is 4.79 Å². The lowest BCUT2D eigenvalue weighted by Gasteiger charge is -2.33. The zero-order valence-corrected chi connectivity index (χ0v) is 19.7. The van der Waals surface area contributed by atoms with E-state index in [1.165, 1.54) is 11.8 Å². The molecule has 3 rings (SSSR count). The van der Waals surface area contributed by atoms with Gasteiger partial charge in [0.1, 0.15) is 11.4 Å². The molecule has 1 saturated carbocycles. The van der Waals surface area contributed by atoms with Gasteiger partial charge in [-0.2, -0.15) is 0 Å². The number of aromatic nitrogens is 2. The highest BCUT2D eigenvalue weighted by Crippen LogP contribution is 2.25. The Labute approximate surface area is 192 Å². The summed E-state index contributed by atoms with van der Waals surface area (Å²) in [6.07, 6.45) is 3.14. The van der Waals surface area contributed by atoms with E-state index in [4.69, 9.17) is 13.9 Å². The van der Waals surface area contributed by atoms with Gasteiger partial charge in [-0.05, 0) is 57.9 Å². The van der Waals surface area contributed by atoms with Gasteiger partial charge in [0, 0.05) is 11.6 Å². The average Bonchev–Trinajstić information content (AvgIpc) is 3.21. The maximum Gasteiger partial charge on any atom is 0.407 e. The summed E-state index contributed by atoms with van der Waals surface area (Å²) in [6.45, 7) is 5.46. The van der Waals surface area contributed by atoms with E-state index in [2.05, 4.69) is 20.8 Å². The third kappa shape index (κ3) is 7.15. The Bertz CT molecular complexity index is 910. The molecular weight excluding hydrogens is 432 g/mol. The number of ether oxygens (including phenoxy) is 2. The first kappa shape index (κ1) is 23.9. The predicted octanol–water partition coefficient (Wildman–Crippen LogP) is 3.79. The monoisotopic (exact) mass is 462 g/mol. The van der Waals surface area contributed by atoms with Crippen molar-refractivity contribution in [2.75, 3.05) is 12.9 Å². The summed E-state index contributed by atoms with van der Waals surface area (Å²) in [4.78, 5) is 24.7. The molecule has 174 valence electrons. The number of nitrogens with zero attached hydrogens (tertiary/aromatic N) is 2. The van der Waals surface area contributed by atoms with Crippen LogP contribution in [0, 0.1) is 0 Å². The summed E-state index contributed by atoms with van der Waals surface area (Å²) >= 11 is 1.17. The number of hydrogen-bond donors (Lipinski definition) is 2. The lowest BCUT2D eigenvalue weighted by molar-refractivity contribution is -0.119. The highest BCUT2D eigenvalue weighted by molar-refractivity contribution is 7.99. The minimum atomic E-state index is -0.567. The van der Waals surface area contributed by atoms with Gasteiger partial charge >= 0.3 is 6.09 Å². The van der Waals surface area contributed by atoms with E-state index in [9.17, 15) is 9.59 Å². The van der Waals surface area contributed by atoms with E-state index >= 15 is 0 Å². The lowest BCUT2D eigenvalue weighted by Crippen LogP contribution is -2.54. The zero-order valence-electron chi connectivity index (χ0n) is 18.8. The number of methoxy groups -OCH3 is 1. The summed E-state index contributed by atoms with van der Waals surface area (Å²) in [7, 11) is 1.60. The van der Waals surface area contributed by atoms with Gasteiger partial charge in [-0.15, -0.1) is 10.2 Å². The van der Waals surface area contributed by atoms with Crippen molar-refractivity contribution < 1.29 is 23.5 Å². The number of benzene rings is 1. The quantitative estimate of drug-likeness (QED) is 0.597. The normalized spacial score (nSPS) is 18.6. The molecule has 0 unspecified atom stereocenters. The van der Waals surface area contributed by atoms with Crippen molar-refractivity contribution in [2.24, 2.45) is 0 Å². The Balaban J connectivity index is 1.50. The maximum absolute atomic E-state index is 12.5. The zero-order chi connectivity index (χ0) is 23.1. The van der Waals surface area contributed by atoms with Gasteiger partial charge in [-0.1, -0.05) is 24.6 Å². The molecule has 0 bridgehead atoms. The van der Waals surface area contributed by atoms with Crippen LogP contribution in [-0.2, 0) is 9.53 Å². The fourth-order valence-corrected chi connectivity index (χ4v) is 4.00. The van der Waals surface area contributed by atoms with Crippen molar-refractivity contribution in [3.05, 3.63) is 24.3 Å². The molecule has 0 aliphatic heterocycles. The molecule has 1 fully saturated rings. The Morgan fingerprint density at radius 2 is 1.75 bits per heavy atom. The minimum absolute atomic E-state index is 0.137. The molecule has 32 heavy (non-hydrogen) atoms. The van der Waals surface area contributed by atoms with Crippen LogP contribution in [-0.4, -0.2) is 52.7 Å². The molecule has 1 aromatic heterocycles. The number of rotatable bonds is 7. The first-order valence-corrected chi connectivity index (χ1v) is 11.6. The molecule has 1 aliphatic rings. The minimum Gasteiger partial charge on any atom is -0.497 e. The van der Waals surface area contributed by atoms with E-state index in [0.717, 1.165) is 37.0 Å². The molecule has 0 radical (unpaired) electrons. The first-order chi connectivity index (χ1) is 15.2. The number of carbonyl (C=O) groups excluding carboxylic acids is 2. The predicted molar refractivity (Wildman–Crippen MR) is 121 cm³/mol. The van der Waals surface area contributed by atoms with Gasteiger partial charge in [-0.3, -0.25) is 4.79 Å². The molecule has 2 N–H and O–H groups in total. The third-order valence-corrected chi connectivity index (χ3v) is 5.70. The fourth-order valence-electron chi connectivity index (χ4n) is 3.43. The average molecular weight is 463 g/mol. The van der Waals surface area contributed by atoms with Crippen LogP contribution >= 0.6 is 11.8 Å². The standard InChI is InChI=1S/C22H30N4O5S/c1-22(2,3)31-20(28)24-17-8-6-5-7-16(17)23-18(27)13-32-21-26-25-19(30-21)14-9-11-15(29-4)12-10-14/h9-12,16-17H,5-8,13H2,1-4H3,(H,23,27)(H,24,28)/t16-,17-/m0/s1. The van der Waals surface area contributed by atoms with Crippen LogP contribution < -0.4 is 15.4 Å². The Morgan fingerprint density at radius 1 is 1.09 bits per heavy atom. The molecule has 0 saturated heterocycles. The maximum atomic E-state index is 12.5. The highest BCUT2D eigenvalue weighted by atomic mass is 32.2. The Hall–Kier alpha value is -2.75. The summed E-state index contributed by atoms with van der Waals surface area (Å²) in [5, 5.41) is 14.3. The van der Waals surface area contributed by atoms with E-state index < -0.39 is 11.7 Å². The van der Waals surface area contributed by atoms with E-state index in [-0.39, 0.29) is 23.7 Å². The topological polar surface area (TPSA) is 116 Å². The van der Waals surface area contributed by atoms with Crippen LogP contribution in [0.25, 0.3) is 11.5 Å². The number of thioether (sulfide) groups is 1. The van der Waals surface area contributed by atoms with Crippen LogP contribution in [0.1, 0.15) is 46.5 Å². The number of nitrogens with one attached hydrogen (secondary N) is 2. The molecule has 1 aromatic carbocycles. The molecule has 1 heterocycles. The molecule has 0 spiro atoms. The molecule has 1 aliphatic carbocycles. The van der Waals surface area contributed by atoms with Crippen molar-refractivity contribution in [2.45, 2.75) is 69.4 Å². The largest absolute Gasteiger partial charge is 0.497 e. The molecule has 2 aromatic rings. The van der Waals surface area contributed by atoms with Gasteiger partial charge in [0.15, 0.2) is 0 Å².